The summed E-state index contributed by atoms with van der Waals surface area (Å²) in [6, 6.07) is 0. The first-order valence-electron chi connectivity index (χ1n) is 0.756. The largest absolute Gasteiger partial charge is 0.269 e. The maximum atomic E-state index is 3.12. The van der Waals surface area contributed by atoms with Crippen LogP contribution in [-0.2, 0) is 0 Å². The number of hydrogen-bond acceptors (Lipinski definition) is 0. The van der Waals surface area contributed by atoms with Crippen LogP contribution >= 0.6 is 63.7 Å². The number of hydrogen-bond donors (Lipinski definition) is 0. The van der Waals surface area contributed by atoms with E-state index in [9.17, 15) is 0 Å². The molecule has 0 radical (unpaired) electrons. The fourth-order valence-electron chi connectivity index (χ4n) is 0. The van der Waals surface area contributed by atoms with Gasteiger partial charge in [-0.25, -0.2) is 0 Å². The van der Waals surface area contributed by atoms with Crippen LogP contribution in [0.5, 0.6) is 0 Å². The first kappa shape index (κ1) is 10.8. The summed E-state index contributed by atoms with van der Waals surface area (Å²) in [5.41, 5.74) is 0. The fourth-order valence-corrected chi connectivity index (χ4v) is 0. The van der Waals surface area contributed by atoms with Crippen molar-refractivity contribution in [3.05, 3.63) is 0 Å². The van der Waals surface area contributed by atoms with Crippen molar-refractivity contribution in [2.75, 3.05) is 0 Å². The van der Waals surface area contributed by atoms with Gasteiger partial charge in [0.2, 0.25) is 0 Å². The molecule has 40 valence electrons. The van der Waals surface area contributed by atoms with Crippen molar-refractivity contribution < 1.29 is 4.70 Å². The van der Waals surface area contributed by atoms with E-state index in [4.69, 9.17) is 0 Å². The maximum absolute atomic E-state index is 3.12. The van der Waals surface area contributed by atoms with Crippen molar-refractivity contribution in [1.29, 1.82) is 0 Å². The monoisotopic (exact) mass is 348 g/mol. The van der Waals surface area contributed by atoms with Gasteiger partial charge >= 0.3 is 0 Å². The summed E-state index contributed by atoms with van der Waals surface area (Å²) in [5.74, 6) is 0. The highest BCUT2D eigenvalue weighted by Crippen LogP contribution is 2.39. The SMILES string of the molecule is BrC(Br)(Br)Br.F. The quantitative estimate of drug-likeness (QED) is 0.587. The van der Waals surface area contributed by atoms with Gasteiger partial charge in [0.25, 0.3) is 0 Å². The van der Waals surface area contributed by atoms with Gasteiger partial charge < -0.3 is 0 Å². The minimum atomic E-state index is -0.250. The van der Waals surface area contributed by atoms with Crippen molar-refractivity contribution in [2.45, 2.75) is 1.05 Å². The Morgan fingerprint density at radius 1 is 0.833 bits per heavy atom. The zero-order valence-corrected chi connectivity index (χ0v) is 8.76. The lowest BCUT2D eigenvalue weighted by atomic mass is 12.0. The van der Waals surface area contributed by atoms with Crippen LogP contribution in [0, 0.1) is 0 Å². The highest BCUT2D eigenvalue weighted by Gasteiger charge is 2.08. The van der Waals surface area contributed by atoms with E-state index in [0.29, 0.717) is 0 Å². The average Bonchev–Trinajstić information content (AvgIpc) is 0.722. The average molecular weight is 352 g/mol. The molecule has 0 spiro atoms. The lowest BCUT2D eigenvalue weighted by Crippen LogP contribution is -1.75. The van der Waals surface area contributed by atoms with Gasteiger partial charge in [0.15, 0.2) is 1.05 Å². The van der Waals surface area contributed by atoms with Gasteiger partial charge in [-0.15, -0.1) is 0 Å². The highest BCUT2D eigenvalue weighted by molar-refractivity contribution is 9.52. The summed E-state index contributed by atoms with van der Waals surface area (Å²) in [6.07, 6.45) is 0. The lowest BCUT2D eigenvalue weighted by Gasteiger charge is -1.93. The molecule has 0 amide bonds. The molecule has 6 heavy (non-hydrogen) atoms. The Balaban J connectivity index is 0. The minimum Gasteiger partial charge on any atom is -0.269 e. The Bertz CT molecular complexity index is 23.0. The van der Waals surface area contributed by atoms with Crippen LogP contribution in [0.3, 0.4) is 0 Å². The van der Waals surface area contributed by atoms with Crippen LogP contribution in [0.15, 0.2) is 0 Å². The molecule has 0 aliphatic rings. The molecule has 0 nitrogen and oxygen atoms in total. The molecular formula is CHBr4F. The van der Waals surface area contributed by atoms with Crippen LogP contribution in [0.2, 0.25) is 0 Å². The van der Waals surface area contributed by atoms with Crippen molar-refractivity contribution in [1.82, 2.24) is 0 Å². The Morgan fingerprint density at radius 3 is 0.833 bits per heavy atom. The Kier molecular flexibility index (Phi) is 6.82. The summed E-state index contributed by atoms with van der Waals surface area (Å²) in [4.78, 5) is 0. The molecular weight excluding hydrogens is 351 g/mol. The smallest absolute Gasteiger partial charge is 0.189 e. The van der Waals surface area contributed by atoms with Gasteiger partial charge in [-0.05, 0) is 63.7 Å². The fraction of sp³-hybridized carbons (Fsp3) is 1.00. The lowest BCUT2D eigenvalue weighted by molar-refractivity contribution is 1.11. The Labute approximate surface area is 68.9 Å². The Hall–Kier alpha value is 1.85. The topological polar surface area (TPSA) is 0 Å². The predicted molar refractivity (Wildman–Crippen MR) is 40.9 cm³/mol. The van der Waals surface area contributed by atoms with Crippen LogP contribution < -0.4 is 0 Å². The molecule has 0 aromatic rings. The summed E-state index contributed by atoms with van der Waals surface area (Å²) >= 11 is 12.5. The van der Waals surface area contributed by atoms with E-state index in [1.54, 1.807) is 0 Å². The molecule has 0 aromatic heterocycles. The third-order valence-corrected chi connectivity index (χ3v) is 0. The van der Waals surface area contributed by atoms with Gasteiger partial charge in [-0.2, -0.15) is 0 Å². The van der Waals surface area contributed by atoms with E-state index in [2.05, 4.69) is 63.7 Å². The van der Waals surface area contributed by atoms with Crippen molar-refractivity contribution >= 4 is 63.7 Å². The molecule has 0 rings (SSSR count). The second-order valence-corrected chi connectivity index (χ2v) is 11.6. The summed E-state index contributed by atoms with van der Waals surface area (Å²) in [6.45, 7) is 0. The minimum absolute atomic E-state index is 0. The zero-order valence-electron chi connectivity index (χ0n) is 2.42. The Morgan fingerprint density at radius 2 is 0.833 bits per heavy atom. The van der Waals surface area contributed by atoms with E-state index >= 15 is 0 Å². The van der Waals surface area contributed by atoms with Crippen molar-refractivity contribution in [2.24, 2.45) is 0 Å². The standard InChI is InChI=1S/CBr4.FH/c2-1(3,4)5;/h;1H. The van der Waals surface area contributed by atoms with Crippen molar-refractivity contribution in [3.63, 3.8) is 0 Å². The highest BCUT2D eigenvalue weighted by atomic mass is 80.0. The van der Waals surface area contributed by atoms with E-state index in [0.717, 1.165) is 0 Å². The van der Waals surface area contributed by atoms with Crippen LogP contribution in [0.1, 0.15) is 0 Å². The first-order chi connectivity index (χ1) is 2.00. The molecule has 0 aliphatic heterocycles. The first-order valence-corrected chi connectivity index (χ1v) is 3.93. The zero-order chi connectivity index (χ0) is 4.50. The van der Waals surface area contributed by atoms with E-state index in [-0.39, 0.29) is 5.76 Å². The molecule has 0 bridgehead atoms. The van der Waals surface area contributed by atoms with Gasteiger partial charge in [0.1, 0.15) is 0 Å². The number of rotatable bonds is 0. The van der Waals surface area contributed by atoms with Crippen LogP contribution in [0.4, 0.5) is 4.70 Å². The molecule has 0 fully saturated rings. The number of alkyl halides is 4. The normalized spacial score (nSPS) is 10.0. The second-order valence-electron chi connectivity index (χ2n) is 0.429. The molecule has 0 saturated carbocycles. The van der Waals surface area contributed by atoms with E-state index in [1.165, 1.54) is 0 Å². The van der Waals surface area contributed by atoms with Crippen molar-refractivity contribution in [3.8, 4) is 0 Å². The third-order valence-electron chi connectivity index (χ3n) is 0. The summed E-state index contributed by atoms with van der Waals surface area (Å²) < 4.78 is -0.250. The summed E-state index contributed by atoms with van der Waals surface area (Å²) in [7, 11) is 0. The maximum Gasteiger partial charge on any atom is 0.189 e. The molecule has 0 unspecified atom stereocenters. The predicted octanol–water partition coefficient (Wildman–Crippen LogP) is 3.33. The van der Waals surface area contributed by atoms with E-state index < -0.39 is 0 Å². The third kappa shape index (κ3) is 40.2. The molecule has 5 heteroatoms. The second kappa shape index (κ2) is 3.80. The van der Waals surface area contributed by atoms with Gasteiger partial charge in [0.05, 0.1) is 0 Å². The molecule has 0 atom stereocenters. The molecule has 0 aromatic carbocycles. The summed E-state index contributed by atoms with van der Waals surface area (Å²) in [5, 5.41) is 0. The molecule has 0 aliphatic carbocycles. The molecule has 0 N–H and O–H groups in total. The number of halogens is 5. The molecule has 0 saturated heterocycles. The van der Waals surface area contributed by atoms with Crippen LogP contribution in [0.25, 0.3) is 0 Å². The van der Waals surface area contributed by atoms with Crippen LogP contribution in [-0.4, -0.2) is 1.05 Å². The molecule has 0 heterocycles. The van der Waals surface area contributed by atoms with Gasteiger partial charge in [-0.1, -0.05) is 0 Å². The van der Waals surface area contributed by atoms with E-state index in [1.807, 2.05) is 0 Å². The van der Waals surface area contributed by atoms with Gasteiger partial charge in [-0.3, -0.25) is 4.70 Å². The van der Waals surface area contributed by atoms with Gasteiger partial charge in [0, 0.05) is 0 Å².